The fourth-order valence-corrected chi connectivity index (χ4v) is 3.50. The number of carbonyl (C=O) groups excluding carboxylic acids is 1. The van der Waals surface area contributed by atoms with Crippen molar-refractivity contribution in [3.8, 4) is 5.88 Å². The van der Waals surface area contributed by atoms with Crippen LogP contribution in [0.2, 0.25) is 0 Å². The Kier molecular flexibility index (Phi) is 14.3. The summed E-state index contributed by atoms with van der Waals surface area (Å²) in [5.74, 6) is 8.91. The Balaban J connectivity index is 0.000000793. The number of pyridine rings is 1. The van der Waals surface area contributed by atoms with Crippen LogP contribution in [-0.4, -0.2) is 55.2 Å². The Morgan fingerprint density at radius 2 is 1.94 bits per heavy atom. The molecule has 0 saturated carbocycles. The van der Waals surface area contributed by atoms with Gasteiger partial charge in [-0.15, -0.1) is 0 Å². The number of thioether (sulfide) groups is 1. The quantitative estimate of drug-likeness (QED) is 0.471. The number of carbonyl (C=O) groups is 1. The molecule has 2 aliphatic rings. The van der Waals surface area contributed by atoms with Crippen LogP contribution in [0, 0.1) is 11.2 Å². The fraction of sp³-hybridized carbons (Fsp3) is 0.429. The van der Waals surface area contributed by atoms with E-state index in [1.54, 1.807) is 17.3 Å². The standard InChI is InChI=1S/C16H18FN3OS.C3H5F3O.CH5N.CH2O/c1-16(10-22-11-16)6-4-13-8-14(5-7-20(13)18)21-15-3-2-12(17)9-19-15;1-7-2-3(4,5)6;2*1-2/h2-5,7-9H,6,10-11,18H2,1H3;2H2,1H3;2H2,1H3;1H2/b13-4-;;;. The molecule has 0 atom stereocenters. The molecule has 0 spiro atoms. The van der Waals surface area contributed by atoms with E-state index in [4.69, 9.17) is 15.4 Å². The molecule has 7 nitrogen and oxygen atoms in total. The van der Waals surface area contributed by atoms with E-state index in [9.17, 15) is 17.6 Å². The molecule has 1 aromatic heterocycles. The lowest BCUT2D eigenvalue weighted by molar-refractivity contribution is -0.167. The third-order valence-corrected chi connectivity index (χ3v) is 5.73. The summed E-state index contributed by atoms with van der Waals surface area (Å²) < 4.78 is 55.1. The highest BCUT2D eigenvalue weighted by Gasteiger charge is 2.31. The molecule has 2 aliphatic heterocycles. The summed E-state index contributed by atoms with van der Waals surface area (Å²) in [5, 5.41) is 1.57. The molecule has 12 heteroatoms. The van der Waals surface area contributed by atoms with Gasteiger partial charge in [0, 0.05) is 25.5 Å². The first-order chi connectivity index (χ1) is 15.6. The summed E-state index contributed by atoms with van der Waals surface area (Å²) in [6.07, 6.45) is 5.42. The smallest absolute Gasteiger partial charge is 0.411 e. The van der Waals surface area contributed by atoms with Crippen LogP contribution < -0.4 is 16.3 Å². The van der Waals surface area contributed by atoms with E-state index < -0.39 is 12.8 Å². The summed E-state index contributed by atoms with van der Waals surface area (Å²) in [5.41, 5.74) is 5.75. The molecule has 1 aromatic rings. The fourth-order valence-electron chi connectivity index (χ4n) is 2.36. The van der Waals surface area contributed by atoms with Gasteiger partial charge in [0.15, 0.2) is 0 Å². The minimum Gasteiger partial charge on any atom is -0.439 e. The number of aromatic nitrogens is 1. The molecule has 0 aromatic carbocycles. The van der Waals surface area contributed by atoms with Gasteiger partial charge in [0.05, 0.1) is 11.9 Å². The molecule has 3 rings (SSSR count). The van der Waals surface area contributed by atoms with E-state index in [2.05, 4.69) is 28.5 Å². The van der Waals surface area contributed by atoms with E-state index in [0.717, 1.165) is 25.4 Å². The molecule has 0 aliphatic carbocycles. The molecule has 1 fully saturated rings. The molecule has 3 heterocycles. The lowest BCUT2D eigenvalue weighted by Crippen LogP contribution is -2.32. The normalized spacial score (nSPS) is 17.2. The first-order valence-electron chi connectivity index (χ1n) is 9.54. The Morgan fingerprint density at radius 3 is 2.36 bits per heavy atom. The number of hydrogen-bond donors (Lipinski definition) is 2. The van der Waals surface area contributed by atoms with E-state index in [1.807, 2.05) is 24.6 Å². The average Bonchev–Trinajstić information content (AvgIpc) is 2.77. The third-order valence-electron chi connectivity index (χ3n) is 3.92. The third kappa shape index (κ3) is 12.4. The minimum atomic E-state index is -4.17. The van der Waals surface area contributed by atoms with Gasteiger partial charge in [0.2, 0.25) is 5.88 Å². The number of methoxy groups -OCH3 is 1. The van der Waals surface area contributed by atoms with Gasteiger partial charge >= 0.3 is 6.18 Å². The summed E-state index contributed by atoms with van der Waals surface area (Å²) in [6, 6.07) is 2.81. The van der Waals surface area contributed by atoms with Crippen molar-refractivity contribution in [3.63, 3.8) is 0 Å². The monoisotopic (exact) mass is 494 g/mol. The lowest BCUT2D eigenvalue weighted by atomic mass is 9.90. The predicted molar refractivity (Wildman–Crippen MR) is 121 cm³/mol. The molecule has 1 saturated heterocycles. The van der Waals surface area contributed by atoms with Gasteiger partial charge < -0.3 is 20.0 Å². The van der Waals surface area contributed by atoms with Crippen molar-refractivity contribution in [1.29, 1.82) is 0 Å². The number of nitrogens with zero attached hydrogens (tertiary/aromatic N) is 2. The molecule has 4 N–H and O–H groups in total. The summed E-state index contributed by atoms with van der Waals surface area (Å²) >= 11 is 1.97. The van der Waals surface area contributed by atoms with E-state index in [-0.39, 0.29) is 5.82 Å². The maximum absolute atomic E-state index is 12.8. The van der Waals surface area contributed by atoms with Gasteiger partial charge in [-0.1, -0.05) is 13.0 Å². The van der Waals surface area contributed by atoms with Crippen LogP contribution in [-0.2, 0) is 9.53 Å². The van der Waals surface area contributed by atoms with Gasteiger partial charge in [-0.3, -0.25) is 5.01 Å². The van der Waals surface area contributed by atoms with Crippen molar-refractivity contribution in [2.75, 3.05) is 32.3 Å². The molecule has 33 heavy (non-hydrogen) atoms. The molecular formula is C21H30F4N4O3S. The first-order valence-corrected chi connectivity index (χ1v) is 10.7. The SMILES string of the molecule is C=O.CC1(C/C=C2/C=C(Oc3ccc(F)cn3)C=CN2N)CSC1.CN.COCC(F)(F)F. The highest BCUT2D eigenvalue weighted by Crippen LogP contribution is 2.41. The molecule has 0 amide bonds. The van der Waals surface area contributed by atoms with Crippen LogP contribution in [0.25, 0.3) is 0 Å². The van der Waals surface area contributed by atoms with Crippen molar-refractivity contribution in [2.24, 2.45) is 17.0 Å². The summed E-state index contributed by atoms with van der Waals surface area (Å²) in [4.78, 5) is 11.9. The number of halogens is 4. The number of hydrogen-bond acceptors (Lipinski definition) is 8. The zero-order valence-electron chi connectivity index (χ0n) is 18.8. The van der Waals surface area contributed by atoms with Crippen LogP contribution in [0.5, 0.6) is 5.88 Å². The first kappa shape index (κ1) is 30.6. The maximum Gasteiger partial charge on any atom is 0.411 e. The second kappa shape index (κ2) is 15.4. The number of alkyl halides is 3. The van der Waals surface area contributed by atoms with Crippen molar-refractivity contribution < 1.29 is 31.8 Å². The number of nitrogens with two attached hydrogens (primary N) is 2. The molecular weight excluding hydrogens is 464 g/mol. The highest BCUT2D eigenvalue weighted by atomic mass is 32.2. The highest BCUT2D eigenvalue weighted by molar-refractivity contribution is 8.00. The Hall–Kier alpha value is -2.41. The Labute approximate surface area is 195 Å². The van der Waals surface area contributed by atoms with Crippen LogP contribution in [0.1, 0.15) is 13.3 Å². The lowest BCUT2D eigenvalue weighted by Gasteiger charge is -2.37. The van der Waals surface area contributed by atoms with Crippen LogP contribution in [0.15, 0.2) is 54.2 Å². The number of hydrazine groups is 1. The molecule has 0 radical (unpaired) electrons. The zero-order chi connectivity index (χ0) is 25.5. The zero-order valence-corrected chi connectivity index (χ0v) is 19.6. The van der Waals surface area contributed by atoms with Crippen molar-refractivity contribution >= 4 is 18.6 Å². The minimum absolute atomic E-state index is 0.351. The molecule has 0 unspecified atom stereocenters. The van der Waals surface area contributed by atoms with Gasteiger partial charge in [-0.05, 0) is 42.5 Å². The van der Waals surface area contributed by atoms with Crippen molar-refractivity contribution in [1.82, 2.24) is 9.99 Å². The summed E-state index contributed by atoms with van der Waals surface area (Å²) in [6.45, 7) is 3.12. The van der Waals surface area contributed by atoms with E-state index in [1.165, 1.54) is 30.7 Å². The van der Waals surface area contributed by atoms with E-state index >= 15 is 0 Å². The number of allylic oxidation sites excluding steroid dienone is 3. The Morgan fingerprint density at radius 1 is 1.30 bits per heavy atom. The van der Waals surface area contributed by atoms with Gasteiger partial charge in [-0.2, -0.15) is 24.9 Å². The van der Waals surface area contributed by atoms with Crippen molar-refractivity contribution in [2.45, 2.75) is 19.5 Å². The van der Waals surface area contributed by atoms with Crippen LogP contribution in [0.4, 0.5) is 17.6 Å². The van der Waals surface area contributed by atoms with Gasteiger partial charge in [-0.25, -0.2) is 15.2 Å². The summed E-state index contributed by atoms with van der Waals surface area (Å²) in [7, 11) is 2.51. The van der Waals surface area contributed by atoms with E-state index in [0.29, 0.717) is 17.1 Å². The molecule has 186 valence electrons. The van der Waals surface area contributed by atoms with Crippen molar-refractivity contribution in [3.05, 3.63) is 60.0 Å². The largest absolute Gasteiger partial charge is 0.439 e. The second-order valence-electron chi connectivity index (χ2n) is 6.87. The van der Waals surface area contributed by atoms with Gasteiger partial charge in [0.25, 0.3) is 0 Å². The van der Waals surface area contributed by atoms with Crippen LogP contribution in [0.3, 0.4) is 0 Å². The molecule has 0 bridgehead atoms. The van der Waals surface area contributed by atoms with Gasteiger partial charge in [0.1, 0.15) is 25.0 Å². The predicted octanol–water partition coefficient (Wildman–Crippen LogP) is 3.80. The second-order valence-corrected chi connectivity index (χ2v) is 7.86. The average molecular weight is 495 g/mol. The topological polar surface area (TPSA) is 104 Å². The number of ether oxygens (including phenoxy) is 2. The Bertz CT molecular complexity index is 783. The van der Waals surface area contributed by atoms with Crippen LogP contribution >= 0.6 is 11.8 Å². The maximum atomic E-state index is 12.8. The number of rotatable bonds is 5.